The normalized spacial score (nSPS) is 12.6. The third kappa shape index (κ3) is 6.77. The van der Waals surface area contributed by atoms with Crippen molar-refractivity contribution in [3.05, 3.63) is 28.2 Å². The van der Waals surface area contributed by atoms with Crippen molar-refractivity contribution in [2.24, 2.45) is 0 Å². The van der Waals surface area contributed by atoms with Gasteiger partial charge in [-0.05, 0) is 24.1 Å². The Labute approximate surface area is 128 Å². The summed E-state index contributed by atoms with van der Waals surface area (Å²) in [5, 5.41) is 12.8. The molecular weight excluding hydrogens is 326 g/mol. The summed E-state index contributed by atoms with van der Waals surface area (Å²) in [5.74, 6) is 0. The van der Waals surface area contributed by atoms with Crippen molar-refractivity contribution in [3.8, 4) is 0 Å². The highest BCUT2D eigenvalue weighted by molar-refractivity contribution is 9.10. The highest BCUT2D eigenvalue weighted by Crippen LogP contribution is 2.30. The summed E-state index contributed by atoms with van der Waals surface area (Å²) >= 11 is 5.33. The maximum Gasteiger partial charge on any atom is 0.0587 e. The van der Waals surface area contributed by atoms with E-state index in [0.717, 1.165) is 30.6 Å². The summed E-state index contributed by atoms with van der Waals surface area (Å²) in [6, 6.07) is 6.35. The molecule has 0 fully saturated rings. The fourth-order valence-corrected chi connectivity index (χ4v) is 3.29. The van der Waals surface area contributed by atoms with Crippen LogP contribution in [-0.4, -0.2) is 37.2 Å². The van der Waals surface area contributed by atoms with Crippen molar-refractivity contribution in [1.29, 1.82) is 0 Å². The molecular formula is C14H22BrNO2S. The molecule has 1 aromatic rings. The van der Waals surface area contributed by atoms with Gasteiger partial charge in [0, 0.05) is 41.4 Å². The lowest BCUT2D eigenvalue weighted by molar-refractivity contribution is 0.199. The van der Waals surface area contributed by atoms with Crippen molar-refractivity contribution in [2.45, 2.75) is 30.0 Å². The van der Waals surface area contributed by atoms with E-state index in [1.807, 2.05) is 11.8 Å². The second kappa shape index (κ2) is 9.77. The van der Waals surface area contributed by atoms with Gasteiger partial charge in [-0.25, -0.2) is 0 Å². The molecule has 108 valence electrons. The van der Waals surface area contributed by atoms with E-state index in [0.29, 0.717) is 5.25 Å². The predicted octanol–water partition coefficient (Wildman–Crippen LogP) is 3.05. The van der Waals surface area contributed by atoms with Crippen LogP contribution in [0.25, 0.3) is 0 Å². The third-order valence-electron chi connectivity index (χ3n) is 2.69. The number of aliphatic hydroxyl groups is 1. The molecule has 1 aromatic carbocycles. The van der Waals surface area contributed by atoms with Crippen LogP contribution < -0.4 is 5.32 Å². The van der Waals surface area contributed by atoms with Gasteiger partial charge < -0.3 is 15.2 Å². The van der Waals surface area contributed by atoms with Crippen molar-refractivity contribution in [2.75, 3.05) is 26.9 Å². The lowest BCUT2D eigenvalue weighted by Crippen LogP contribution is -2.19. The zero-order valence-corrected chi connectivity index (χ0v) is 13.9. The minimum atomic E-state index is 0.240. The Morgan fingerprint density at radius 3 is 2.95 bits per heavy atom. The summed E-state index contributed by atoms with van der Waals surface area (Å²) in [5.41, 5.74) is 1.29. The molecule has 5 heteroatoms. The average molecular weight is 348 g/mol. The Morgan fingerprint density at radius 2 is 2.26 bits per heavy atom. The first-order valence-electron chi connectivity index (χ1n) is 6.43. The van der Waals surface area contributed by atoms with E-state index in [1.165, 1.54) is 10.5 Å². The van der Waals surface area contributed by atoms with Crippen LogP contribution in [0, 0.1) is 0 Å². The van der Waals surface area contributed by atoms with Crippen molar-refractivity contribution in [1.82, 2.24) is 5.32 Å². The maximum absolute atomic E-state index is 8.99. The number of nitrogens with one attached hydrogen (secondary N) is 1. The Hall–Kier alpha value is -0.0700. The van der Waals surface area contributed by atoms with Gasteiger partial charge in [0.15, 0.2) is 0 Å². The average Bonchev–Trinajstić information content (AvgIpc) is 2.37. The molecule has 0 bridgehead atoms. The lowest BCUT2D eigenvalue weighted by Gasteiger charge is -2.14. The van der Waals surface area contributed by atoms with E-state index in [-0.39, 0.29) is 6.61 Å². The number of hydrogen-bond acceptors (Lipinski definition) is 4. The molecule has 0 aliphatic carbocycles. The van der Waals surface area contributed by atoms with Gasteiger partial charge in [0.1, 0.15) is 0 Å². The van der Waals surface area contributed by atoms with E-state index in [4.69, 9.17) is 9.84 Å². The monoisotopic (exact) mass is 347 g/mol. The Morgan fingerprint density at radius 1 is 1.47 bits per heavy atom. The number of hydrogen-bond donors (Lipinski definition) is 2. The summed E-state index contributed by atoms with van der Waals surface area (Å²) in [6.07, 6.45) is 0.813. The highest BCUT2D eigenvalue weighted by atomic mass is 79.9. The Balaban J connectivity index is 2.62. The minimum absolute atomic E-state index is 0.240. The molecule has 0 aliphatic heterocycles. The molecule has 0 radical (unpaired) electrons. The SMILES string of the molecule is COCCNCc1ccc(Br)cc1SC(C)CCO. The molecule has 1 unspecified atom stereocenters. The topological polar surface area (TPSA) is 41.5 Å². The number of methoxy groups -OCH3 is 1. The first kappa shape index (κ1) is 17.0. The van der Waals surface area contributed by atoms with Crippen LogP contribution in [0.3, 0.4) is 0 Å². The first-order chi connectivity index (χ1) is 9.17. The summed E-state index contributed by atoms with van der Waals surface area (Å²) < 4.78 is 6.11. The van der Waals surface area contributed by atoms with E-state index in [2.05, 4.69) is 46.4 Å². The molecule has 0 heterocycles. The molecule has 0 saturated carbocycles. The van der Waals surface area contributed by atoms with Crippen LogP contribution in [0.5, 0.6) is 0 Å². The van der Waals surface area contributed by atoms with Gasteiger partial charge in [-0.1, -0.05) is 28.9 Å². The Bertz CT molecular complexity index is 376. The fourth-order valence-electron chi connectivity index (χ4n) is 1.64. The van der Waals surface area contributed by atoms with Crippen LogP contribution in [-0.2, 0) is 11.3 Å². The zero-order chi connectivity index (χ0) is 14.1. The quantitative estimate of drug-likeness (QED) is 0.532. The maximum atomic E-state index is 8.99. The number of aliphatic hydroxyl groups excluding tert-OH is 1. The molecule has 19 heavy (non-hydrogen) atoms. The smallest absolute Gasteiger partial charge is 0.0587 e. The van der Waals surface area contributed by atoms with Crippen LogP contribution in [0.2, 0.25) is 0 Å². The van der Waals surface area contributed by atoms with Gasteiger partial charge in [0.05, 0.1) is 6.61 Å². The second-order valence-corrected chi connectivity index (χ2v) is 6.76. The van der Waals surface area contributed by atoms with Gasteiger partial charge in [-0.15, -0.1) is 11.8 Å². The van der Waals surface area contributed by atoms with E-state index in [9.17, 15) is 0 Å². The third-order valence-corrected chi connectivity index (χ3v) is 4.46. The van der Waals surface area contributed by atoms with Crippen LogP contribution in [0.1, 0.15) is 18.9 Å². The van der Waals surface area contributed by atoms with Gasteiger partial charge in [0.25, 0.3) is 0 Å². The highest BCUT2D eigenvalue weighted by Gasteiger charge is 2.09. The van der Waals surface area contributed by atoms with Gasteiger partial charge in [0.2, 0.25) is 0 Å². The second-order valence-electron chi connectivity index (χ2n) is 4.36. The minimum Gasteiger partial charge on any atom is -0.396 e. The molecule has 1 rings (SSSR count). The van der Waals surface area contributed by atoms with Crippen LogP contribution in [0.4, 0.5) is 0 Å². The van der Waals surface area contributed by atoms with Crippen LogP contribution >= 0.6 is 27.7 Å². The molecule has 2 N–H and O–H groups in total. The fraction of sp³-hybridized carbons (Fsp3) is 0.571. The van der Waals surface area contributed by atoms with Crippen molar-refractivity contribution < 1.29 is 9.84 Å². The van der Waals surface area contributed by atoms with E-state index < -0.39 is 0 Å². The summed E-state index contributed by atoms with van der Waals surface area (Å²) in [7, 11) is 1.71. The zero-order valence-electron chi connectivity index (χ0n) is 11.5. The van der Waals surface area contributed by atoms with Gasteiger partial charge in [-0.3, -0.25) is 0 Å². The number of rotatable bonds is 9. The first-order valence-corrected chi connectivity index (χ1v) is 8.10. The summed E-state index contributed by atoms with van der Waals surface area (Å²) in [4.78, 5) is 1.26. The Kier molecular flexibility index (Phi) is 8.74. The van der Waals surface area contributed by atoms with Crippen molar-refractivity contribution in [3.63, 3.8) is 0 Å². The molecule has 0 saturated heterocycles. The summed E-state index contributed by atoms with van der Waals surface area (Å²) in [6.45, 7) is 4.79. The molecule has 0 aliphatic rings. The molecule has 0 aromatic heterocycles. The predicted molar refractivity (Wildman–Crippen MR) is 84.7 cm³/mol. The number of halogens is 1. The number of ether oxygens (including phenoxy) is 1. The van der Waals surface area contributed by atoms with E-state index in [1.54, 1.807) is 7.11 Å². The van der Waals surface area contributed by atoms with Crippen LogP contribution in [0.15, 0.2) is 27.6 Å². The molecule has 0 amide bonds. The lowest BCUT2D eigenvalue weighted by atomic mass is 10.2. The number of benzene rings is 1. The van der Waals surface area contributed by atoms with Crippen molar-refractivity contribution >= 4 is 27.7 Å². The van der Waals surface area contributed by atoms with E-state index >= 15 is 0 Å². The standard InChI is InChI=1S/C14H22BrNO2S/c1-11(5-7-17)19-14-9-13(15)4-3-12(14)10-16-6-8-18-2/h3-4,9,11,16-17H,5-8,10H2,1-2H3. The molecule has 3 nitrogen and oxygen atoms in total. The number of thioether (sulfide) groups is 1. The largest absolute Gasteiger partial charge is 0.396 e. The molecule has 0 spiro atoms. The molecule has 1 atom stereocenters. The van der Waals surface area contributed by atoms with Gasteiger partial charge in [-0.2, -0.15) is 0 Å². The van der Waals surface area contributed by atoms with Gasteiger partial charge >= 0.3 is 0 Å².